The average Bonchev–Trinajstić information content (AvgIpc) is 3.32. The molecule has 0 bridgehead atoms. The summed E-state index contributed by atoms with van der Waals surface area (Å²) >= 11 is 0. The number of para-hydroxylation sites is 1. The van der Waals surface area contributed by atoms with Gasteiger partial charge in [-0.05, 0) is 50.2 Å². The zero-order chi connectivity index (χ0) is 23.2. The van der Waals surface area contributed by atoms with E-state index in [4.69, 9.17) is 18.6 Å². The van der Waals surface area contributed by atoms with Crippen molar-refractivity contribution in [3.05, 3.63) is 53.8 Å². The summed E-state index contributed by atoms with van der Waals surface area (Å²) in [4.78, 5) is 15.8. The maximum atomic E-state index is 13.4. The zero-order valence-corrected chi connectivity index (χ0v) is 19.0. The summed E-state index contributed by atoms with van der Waals surface area (Å²) in [5.41, 5.74) is 1.26. The third-order valence-electron chi connectivity index (χ3n) is 5.88. The number of carbonyl (C=O) groups is 1. The number of benzene rings is 2. The van der Waals surface area contributed by atoms with E-state index in [2.05, 4.69) is 4.90 Å². The van der Waals surface area contributed by atoms with Crippen molar-refractivity contribution in [3.8, 4) is 23.0 Å². The van der Waals surface area contributed by atoms with E-state index in [-0.39, 0.29) is 17.1 Å². The largest absolute Gasteiger partial charge is 0.507 e. The Hall–Kier alpha value is -3.45. The van der Waals surface area contributed by atoms with Gasteiger partial charge < -0.3 is 23.7 Å². The Morgan fingerprint density at radius 2 is 1.82 bits per heavy atom. The minimum atomic E-state index is -0.329. The van der Waals surface area contributed by atoms with Crippen LogP contribution in [0.1, 0.15) is 35.2 Å². The highest BCUT2D eigenvalue weighted by molar-refractivity contribution is 6.15. The molecule has 3 aromatic rings. The van der Waals surface area contributed by atoms with Gasteiger partial charge in [0.05, 0.1) is 25.9 Å². The molecule has 7 heteroatoms. The highest BCUT2D eigenvalue weighted by Crippen LogP contribution is 2.46. The number of carbonyl (C=O) groups excluding carboxylic acids is 1. The van der Waals surface area contributed by atoms with Crippen LogP contribution in [0.25, 0.3) is 17.0 Å². The second-order valence-electron chi connectivity index (χ2n) is 7.94. The Bertz CT molecular complexity index is 1140. The number of fused-ring (bicyclic) bond motifs is 1. The lowest BCUT2D eigenvalue weighted by molar-refractivity contribution is 0.103. The number of furan rings is 1. The van der Waals surface area contributed by atoms with Crippen molar-refractivity contribution in [3.63, 3.8) is 0 Å². The van der Waals surface area contributed by atoms with E-state index in [9.17, 15) is 9.90 Å². The number of rotatable bonds is 9. The normalized spacial score (nSPS) is 14.6. The second kappa shape index (κ2) is 10.4. The highest BCUT2D eigenvalue weighted by Gasteiger charge is 2.28. The van der Waals surface area contributed by atoms with Crippen LogP contribution in [-0.2, 0) is 0 Å². The van der Waals surface area contributed by atoms with Gasteiger partial charge in [0.1, 0.15) is 23.7 Å². The van der Waals surface area contributed by atoms with Crippen LogP contribution in [0.15, 0.2) is 47.1 Å². The van der Waals surface area contributed by atoms with Crippen molar-refractivity contribution in [1.82, 2.24) is 4.90 Å². The van der Waals surface area contributed by atoms with Gasteiger partial charge in [-0.3, -0.25) is 9.69 Å². The maximum absolute atomic E-state index is 13.4. The van der Waals surface area contributed by atoms with Crippen molar-refractivity contribution in [1.29, 1.82) is 0 Å². The molecule has 33 heavy (non-hydrogen) atoms. The van der Waals surface area contributed by atoms with Gasteiger partial charge in [0.15, 0.2) is 17.1 Å². The molecular formula is C26H29NO6. The molecule has 0 saturated carbocycles. The lowest BCUT2D eigenvalue weighted by Crippen LogP contribution is -2.33. The standard InChI is InChI=1S/C26H29NO6/c1-30-23-19-12-16-32-24(19)26(31-2)25(33-17-15-27-13-6-3-7-14-27)22(23)21(29)11-10-18-8-4-5-9-20(18)28/h4-5,8-12,16,28H,3,6-7,13-15,17H2,1-2H3/b11-10+. The second-order valence-corrected chi connectivity index (χ2v) is 7.94. The molecule has 1 N–H and O–H groups in total. The van der Waals surface area contributed by atoms with Crippen molar-refractivity contribution in [2.75, 3.05) is 40.5 Å². The number of piperidine rings is 1. The van der Waals surface area contributed by atoms with Crippen LogP contribution < -0.4 is 14.2 Å². The summed E-state index contributed by atoms with van der Waals surface area (Å²) in [6, 6.07) is 8.55. The van der Waals surface area contributed by atoms with E-state index in [0.29, 0.717) is 40.4 Å². The number of phenolic OH excluding ortho intramolecular Hbond substituents is 1. The fourth-order valence-electron chi connectivity index (χ4n) is 4.21. The number of ether oxygens (including phenoxy) is 3. The minimum absolute atomic E-state index is 0.0920. The van der Waals surface area contributed by atoms with Crippen LogP contribution >= 0.6 is 0 Å². The number of phenols is 1. The van der Waals surface area contributed by atoms with E-state index in [1.165, 1.54) is 45.8 Å². The number of likely N-dealkylation sites (tertiary alicyclic amines) is 1. The van der Waals surface area contributed by atoms with Crippen LogP contribution in [0.5, 0.6) is 23.0 Å². The molecular weight excluding hydrogens is 422 g/mol. The van der Waals surface area contributed by atoms with Gasteiger partial charge in [-0.25, -0.2) is 0 Å². The van der Waals surface area contributed by atoms with Crippen molar-refractivity contribution < 1.29 is 28.5 Å². The van der Waals surface area contributed by atoms with Crippen molar-refractivity contribution in [2.24, 2.45) is 0 Å². The van der Waals surface area contributed by atoms with Gasteiger partial charge in [-0.15, -0.1) is 0 Å². The summed E-state index contributed by atoms with van der Waals surface area (Å²) in [7, 11) is 3.03. The SMILES string of the molecule is COc1c(C(=O)/C=C/c2ccccc2O)c(OCCN2CCCCC2)c(OC)c2occc12. The number of hydrogen-bond acceptors (Lipinski definition) is 7. The van der Waals surface area contributed by atoms with E-state index in [1.54, 1.807) is 36.4 Å². The third kappa shape index (κ3) is 4.83. The molecule has 174 valence electrons. The molecule has 7 nitrogen and oxygen atoms in total. The number of aromatic hydroxyl groups is 1. The molecule has 1 saturated heterocycles. The molecule has 1 aliphatic heterocycles. The predicted molar refractivity (Wildman–Crippen MR) is 127 cm³/mol. The average molecular weight is 452 g/mol. The number of hydrogen-bond donors (Lipinski definition) is 1. The van der Waals surface area contributed by atoms with Gasteiger partial charge in [-0.1, -0.05) is 24.6 Å². The first-order chi connectivity index (χ1) is 16.1. The van der Waals surface area contributed by atoms with Crippen LogP contribution in [0.3, 0.4) is 0 Å². The van der Waals surface area contributed by atoms with Crippen LogP contribution in [0, 0.1) is 0 Å². The van der Waals surface area contributed by atoms with E-state index < -0.39 is 0 Å². The highest BCUT2D eigenvalue weighted by atomic mass is 16.5. The summed E-state index contributed by atoms with van der Waals surface area (Å²) in [6.45, 7) is 3.25. The van der Waals surface area contributed by atoms with E-state index in [1.807, 2.05) is 0 Å². The summed E-state index contributed by atoms with van der Waals surface area (Å²) in [5.74, 6) is 0.771. The molecule has 1 aromatic heterocycles. The lowest BCUT2D eigenvalue weighted by Gasteiger charge is -2.26. The third-order valence-corrected chi connectivity index (χ3v) is 5.88. The summed E-state index contributed by atoms with van der Waals surface area (Å²) in [5, 5.41) is 10.7. The Kier molecular flexibility index (Phi) is 7.19. The van der Waals surface area contributed by atoms with Gasteiger partial charge in [0, 0.05) is 12.1 Å². The summed E-state index contributed by atoms with van der Waals surface area (Å²) in [6.07, 6.45) is 8.14. The first-order valence-electron chi connectivity index (χ1n) is 11.1. The fraction of sp³-hybridized carbons (Fsp3) is 0.346. The first kappa shape index (κ1) is 22.7. The topological polar surface area (TPSA) is 81.4 Å². The van der Waals surface area contributed by atoms with Gasteiger partial charge in [0.25, 0.3) is 0 Å². The molecule has 0 atom stereocenters. The van der Waals surface area contributed by atoms with Crippen molar-refractivity contribution in [2.45, 2.75) is 19.3 Å². The van der Waals surface area contributed by atoms with E-state index in [0.717, 1.165) is 19.6 Å². The quantitative estimate of drug-likeness (QED) is 0.365. The number of ketones is 1. The molecule has 0 spiro atoms. The Labute approximate surface area is 193 Å². The summed E-state index contributed by atoms with van der Waals surface area (Å²) < 4.78 is 23.1. The van der Waals surface area contributed by atoms with Gasteiger partial charge in [-0.2, -0.15) is 0 Å². The minimum Gasteiger partial charge on any atom is -0.507 e. The molecule has 1 fully saturated rings. The Morgan fingerprint density at radius 1 is 1.06 bits per heavy atom. The van der Waals surface area contributed by atoms with Gasteiger partial charge >= 0.3 is 0 Å². The van der Waals surface area contributed by atoms with Crippen molar-refractivity contribution >= 4 is 22.8 Å². The predicted octanol–water partition coefficient (Wildman–Crippen LogP) is 4.92. The molecule has 4 rings (SSSR count). The Balaban J connectivity index is 1.71. The number of methoxy groups -OCH3 is 2. The Morgan fingerprint density at radius 3 is 2.55 bits per heavy atom. The molecule has 2 heterocycles. The molecule has 2 aromatic carbocycles. The molecule has 0 aliphatic carbocycles. The fourth-order valence-corrected chi connectivity index (χ4v) is 4.21. The van der Waals surface area contributed by atoms with Crippen LogP contribution in [0.2, 0.25) is 0 Å². The maximum Gasteiger partial charge on any atom is 0.205 e. The number of nitrogens with zero attached hydrogens (tertiary/aromatic N) is 1. The molecule has 1 aliphatic rings. The first-order valence-corrected chi connectivity index (χ1v) is 11.1. The number of allylic oxidation sites excluding steroid dienone is 1. The zero-order valence-electron chi connectivity index (χ0n) is 19.0. The molecule has 0 amide bonds. The molecule has 0 unspecified atom stereocenters. The van der Waals surface area contributed by atoms with Crippen LogP contribution in [0.4, 0.5) is 0 Å². The van der Waals surface area contributed by atoms with E-state index >= 15 is 0 Å². The smallest absolute Gasteiger partial charge is 0.205 e. The monoisotopic (exact) mass is 451 g/mol. The molecule has 0 radical (unpaired) electrons. The van der Waals surface area contributed by atoms with Crippen LogP contribution in [-0.4, -0.2) is 56.3 Å². The van der Waals surface area contributed by atoms with Gasteiger partial charge in [0.2, 0.25) is 5.75 Å². The lowest BCUT2D eigenvalue weighted by atomic mass is 10.0.